The average Bonchev–Trinajstić information content (AvgIpc) is 3.50. The highest BCUT2D eigenvalue weighted by molar-refractivity contribution is 6.30. The van der Waals surface area contributed by atoms with E-state index in [4.69, 9.17) is 30.6 Å². The highest BCUT2D eigenvalue weighted by atomic mass is 35.5. The summed E-state index contributed by atoms with van der Waals surface area (Å²) >= 11 is 6.32. The minimum atomic E-state index is -0.365. The second-order valence-electron chi connectivity index (χ2n) is 8.55. The standard InChI is InChI=1S/C28H23ClN2O3/c1-18-7-13-27(33-18)24-16-25-23-15-21(29)10-14-26(23)34-28(31(25)30-24)20-8-11-22(12-9-20)32-17-19-5-3-2-4-6-19/h2-15,25,28H,16-17H2,1H3/t25-,28+/m0/s1. The normalized spacial score (nSPS) is 18.6. The van der Waals surface area contributed by atoms with Crippen molar-refractivity contribution in [3.8, 4) is 11.5 Å². The molecule has 0 N–H and O–H groups in total. The number of ether oxygens (including phenoxy) is 2. The second kappa shape index (κ2) is 8.58. The van der Waals surface area contributed by atoms with Crippen LogP contribution in [-0.4, -0.2) is 10.7 Å². The molecule has 0 unspecified atom stereocenters. The Hall–Kier alpha value is -3.70. The number of hydrogen-bond donors (Lipinski definition) is 0. The van der Waals surface area contributed by atoms with E-state index in [1.165, 1.54) is 0 Å². The number of furan rings is 1. The number of aryl methyl sites for hydroxylation is 1. The Morgan fingerprint density at radius 1 is 1.00 bits per heavy atom. The van der Waals surface area contributed by atoms with Crippen LogP contribution in [0.3, 0.4) is 0 Å². The first-order valence-electron chi connectivity index (χ1n) is 11.3. The lowest BCUT2D eigenvalue weighted by Gasteiger charge is -2.38. The summed E-state index contributed by atoms with van der Waals surface area (Å²) in [7, 11) is 0. The summed E-state index contributed by atoms with van der Waals surface area (Å²) in [5.41, 5.74) is 4.07. The molecule has 2 aliphatic rings. The van der Waals surface area contributed by atoms with Gasteiger partial charge in [0.05, 0.1) is 6.04 Å². The third-order valence-corrected chi connectivity index (χ3v) is 6.43. The molecule has 2 aliphatic heterocycles. The Morgan fingerprint density at radius 2 is 1.82 bits per heavy atom. The van der Waals surface area contributed by atoms with Crippen LogP contribution >= 0.6 is 11.6 Å². The van der Waals surface area contributed by atoms with E-state index in [0.29, 0.717) is 11.6 Å². The van der Waals surface area contributed by atoms with Crippen LogP contribution in [0.15, 0.2) is 94.4 Å². The maximum atomic E-state index is 6.43. The zero-order valence-corrected chi connectivity index (χ0v) is 19.4. The largest absolute Gasteiger partial charge is 0.489 e. The molecule has 0 spiro atoms. The molecule has 34 heavy (non-hydrogen) atoms. The molecule has 0 aliphatic carbocycles. The number of fused-ring (bicyclic) bond motifs is 3. The molecule has 0 fully saturated rings. The lowest BCUT2D eigenvalue weighted by molar-refractivity contribution is -0.0190. The smallest absolute Gasteiger partial charge is 0.213 e. The fraction of sp³-hybridized carbons (Fsp3) is 0.179. The van der Waals surface area contributed by atoms with Crippen LogP contribution in [0, 0.1) is 6.92 Å². The summed E-state index contributed by atoms with van der Waals surface area (Å²) in [6.45, 7) is 2.47. The maximum Gasteiger partial charge on any atom is 0.213 e. The third kappa shape index (κ3) is 3.93. The van der Waals surface area contributed by atoms with E-state index in [0.717, 1.165) is 51.8 Å². The molecule has 0 saturated carbocycles. The Morgan fingerprint density at radius 3 is 2.59 bits per heavy atom. The summed E-state index contributed by atoms with van der Waals surface area (Å²) in [5.74, 6) is 3.29. The molecule has 6 heteroatoms. The molecular formula is C28H23ClN2O3. The van der Waals surface area contributed by atoms with Gasteiger partial charge in [-0.2, -0.15) is 5.10 Å². The first kappa shape index (κ1) is 20.9. The highest BCUT2D eigenvalue weighted by Gasteiger charge is 2.41. The van der Waals surface area contributed by atoms with Crippen LogP contribution in [0.5, 0.6) is 11.5 Å². The quantitative estimate of drug-likeness (QED) is 0.313. The number of halogens is 1. The molecule has 5 nitrogen and oxygen atoms in total. The molecule has 0 bridgehead atoms. The van der Waals surface area contributed by atoms with E-state index >= 15 is 0 Å². The van der Waals surface area contributed by atoms with E-state index < -0.39 is 0 Å². The van der Waals surface area contributed by atoms with Gasteiger partial charge in [0.15, 0.2) is 0 Å². The van der Waals surface area contributed by atoms with Crippen molar-refractivity contribution in [1.82, 2.24) is 5.01 Å². The zero-order valence-electron chi connectivity index (χ0n) is 18.6. The molecule has 2 atom stereocenters. The van der Waals surface area contributed by atoms with Crippen molar-refractivity contribution >= 4 is 17.3 Å². The molecule has 0 saturated heterocycles. The summed E-state index contributed by atoms with van der Waals surface area (Å²) in [5, 5.41) is 7.64. The lowest BCUT2D eigenvalue weighted by atomic mass is 9.97. The highest BCUT2D eigenvalue weighted by Crippen LogP contribution is 2.48. The fourth-order valence-electron chi connectivity index (χ4n) is 4.49. The van der Waals surface area contributed by atoms with Crippen LogP contribution in [-0.2, 0) is 6.61 Å². The zero-order chi connectivity index (χ0) is 23.1. The lowest BCUT2D eigenvalue weighted by Crippen LogP contribution is -2.33. The minimum Gasteiger partial charge on any atom is -0.489 e. The van der Waals surface area contributed by atoms with E-state index in [9.17, 15) is 0 Å². The predicted molar refractivity (Wildman–Crippen MR) is 131 cm³/mol. The Bertz CT molecular complexity index is 1350. The van der Waals surface area contributed by atoms with Crippen molar-refractivity contribution in [2.24, 2.45) is 5.10 Å². The number of benzene rings is 3. The van der Waals surface area contributed by atoms with Gasteiger partial charge in [0.2, 0.25) is 6.23 Å². The predicted octanol–water partition coefficient (Wildman–Crippen LogP) is 7.06. The Kier molecular flexibility index (Phi) is 5.27. The SMILES string of the molecule is Cc1ccc(C2=NN3[C@@H](c4ccc(OCc5ccccc5)cc4)Oc4ccc(Cl)cc4[C@@H]3C2)o1. The molecule has 6 rings (SSSR count). The number of hydrogen-bond acceptors (Lipinski definition) is 5. The van der Waals surface area contributed by atoms with Crippen LogP contribution < -0.4 is 9.47 Å². The van der Waals surface area contributed by atoms with Gasteiger partial charge in [-0.3, -0.25) is 0 Å². The van der Waals surface area contributed by atoms with Gasteiger partial charge in [-0.25, -0.2) is 5.01 Å². The fourth-order valence-corrected chi connectivity index (χ4v) is 4.67. The van der Waals surface area contributed by atoms with E-state index in [-0.39, 0.29) is 12.3 Å². The average molecular weight is 471 g/mol. The van der Waals surface area contributed by atoms with Crippen molar-refractivity contribution in [3.05, 3.63) is 118 Å². The summed E-state index contributed by atoms with van der Waals surface area (Å²) in [4.78, 5) is 0. The number of rotatable bonds is 5. The van der Waals surface area contributed by atoms with E-state index in [1.807, 2.05) is 84.7 Å². The molecule has 4 aromatic rings. The topological polar surface area (TPSA) is 47.2 Å². The van der Waals surface area contributed by atoms with Crippen molar-refractivity contribution in [3.63, 3.8) is 0 Å². The first-order chi connectivity index (χ1) is 16.6. The van der Waals surface area contributed by atoms with Crippen molar-refractivity contribution in [2.45, 2.75) is 32.2 Å². The first-order valence-corrected chi connectivity index (χ1v) is 11.7. The molecule has 170 valence electrons. The van der Waals surface area contributed by atoms with Gasteiger partial charge in [0.25, 0.3) is 0 Å². The monoisotopic (exact) mass is 470 g/mol. The Labute approximate surface area is 203 Å². The van der Waals surface area contributed by atoms with Gasteiger partial charge in [-0.15, -0.1) is 0 Å². The molecular weight excluding hydrogens is 448 g/mol. The van der Waals surface area contributed by atoms with Gasteiger partial charge in [-0.1, -0.05) is 41.9 Å². The maximum absolute atomic E-state index is 6.43. The summed E-state index contributed by atoms with van der Waals surface area (Å²) < 4.78 is 18.3. The van der Waals surface area contributed by atoms with Crippen LogP contribution in [0.25, 0.3) is 0 Å². The van der Waals surface area contributed by atoms with E-state index in [2.05, 4.69) is 12.1 Å². The van der Waals surface area contributed by atoms with Crippen LogP contribution in [0.1, 0.15) is 46.9 Å². The molecule has 0 amide bonds. The van der Waals surface area contributed by atoms with Crippen molar-refractivity contribution in [2.75, 3.05) is 0 Å². The van der Waals surface area contributed by atoms with Crippen LogP contribution in [0.2, 0.25) is 5.02 Å². The molecule has 1 aromatic heterocycles. The van der Waals surface area contributed by atoms with Gasteiger partial charge in [-0.05, 0) is 67.1 Å². The number of nitrogens with zero attached hydrogens (tertiary/aromatic N) is 2. The molecule has 3 aromatic carbocycles. The van der Waals surface area contributed by atoms with E-state index in [1.54, 1.807) is 0 Å². The minimum absolute atomic E-state index is 0.0156. The van der Waals surface area contributed by atoms with Gasteiger partial charge in [0, 0.05) is 22.6 Å². The van der Waals surface area contributed by atoms with Crippen molar-refractivity contribution < 1.29 is 13.9 Å². The number of hydrazone groups is 1. The van der Waals surface area contributed by atoms with Crippen LogP contribution in [0.4, 0.5) is 0 Å². The molecule has 3 heterocycles. The van der Waals surface area contributed by atoms with Gasteiger partial charge in [0.1, 0.15) is 35.3 Å². The second-order valence-corrected chi connectivity index (χ2v) is 8.99. The molecule has 0 radical (unpaired) electrons. The summed E-state index contributed by atoms with van der Waals surface area (Å²) in [6, 6.07) is 27.9. The Balaban J connectivity index is 1.29. The van der Waals surface area contributed by atoms with Crippen molar-refractivity contribution in [1.29, 1.82) is 0 Å². The summed E-state index contributed by atoms with van der Waals surface area (Å²) in [6.07, 6.45) is 0.355. The van der Waals surface area contributed by atoms with Gasteiger partial charge >= 0.3 is 0 Å². The van der Waals surface area contributed by atoms with Gasteiger partial charge < -0.3 is 13.9 Å². The third-order valence-electron chi connectivity index (χ3n) is 6.19.